The zero-order valence-corrected chi connectivity index (χ0v) is 14.0. The zero-order valence-electron chi connectivity index (χ0n) is 14.0. The van der Waals surface area contributed by atoms with Crippen molar-refractivity contribution in [1.29, 1.82) is 0 Å². The van der Waals surface area contributed by atoms with E-state index in [1.807, 2.05) is 12.1 Å². The maximum absolute atomic E-state index is 9.23. The molecule has 0 aliphatic rings. The van der Waals surface area contributed by atoms with E-state index in [9.17, 15) is 5.11 Å². The van der Waals surface area contributed by atoms with Gasteiger partial charge in [0.15, 0.2) is 0 Å². The van der Waals surface area contributed by atoms with Crippen LogP contribution in [0.2, 0.25) is 0 Å². The topological polar surface area (TPSA) is 49.7 Å². The van der Waals surface area contributed by atoms with Crippen molar-refractivity contribution in [2.75, 3.05) is 13.2 Å². The minimum Gasteiger partial charge on any atom is -0.491 e. The van der Waals surface area contributed by atoms with Crippen LogP contribution in [0.15, 0.2) is 24.3 Å². The summed E-state index contributed by atoms with van der Waals surface area (Å²) >= 11 is 0. The van der Waals surface area contributed by atoms with E-state index in [0.717, 1.165) is 12.2 Å². The number of hydrogen-bond donors (Lipinski definition) is 2. The third kappa shape index (κ3) is 9.06. The molecular weight excluding hydrogens is 276 g/mol. The van der Waals surface area contributed by atoms with Crippen molar-refractivity contribution in [3.8, 4) is 5.75 Å². The molecular formula is C19H32O3. The molecule has 3 nitrogen and oxygen atoms in total. The Hall–Kier alpha value is -1.06. The first-order chi connectivity index (χ1) is 10.8. The van der Waals surface area contributed by atoms with Crippen molar-refractivity contribution >= 4 is 0 Å². The van der Waals surface area contributed by atoms with Crippen molar-refractivity contribution < 1.29 is 14.9 Å². The van der Waals surface area contributed by atoms with E-state index in [1.54, 1.807) is 0 Å². The molecule has 0 spiro atoms. The van der Waals surface area contributed by atoms with Gasteiger partial charge in [0.25, 0.3) is 0 Å². The Morgan fingerprint density at radius 2 is 1.50 bits per heavy atom. The second-order valence-corrected chi connectivity index (χ2v) is 6.02. The van der Waals surface area contributed by atoms with E-state index >= 15 is 0 Å². The lowest BCUT2D eigenvalue weighted by Crippen LogP contribution is -2.21. The number of hydrogen-bond acceptors (Lipinski definition) is 3. The smallest absolute Gasteiger partial charge is 0.119 e. The fourth-order valence-corrected chi connectivity index (χ4v) is 2.46. The summed E-state index contributed by atoms with van der Waals surface area (Å²) in [5.74, 6) is 0.743. The minimum atomic E-state index is -0.808. The number of unbranched alkanes of at least 4 members (excludes halogenated alkanes) is 7. The molecule has 0 aromatic heterocycles. The Balaban J connectivity index is 2.09. The van der Waals surface area contributed by atoms with Crippen molar-refractivity contribution in [3.63, 3.8) is 0 Å². The maximum atomic E-state index is 9.23. The third-order valence-electron chi connectivity index (χ3n) is 3.90. The molecule has 0 bridgehead atoms. The van der Waals surface area contributed by atoms with Crippen molar-refractivity contribution in [2.45, 2.75) is 70.8 Å². The fraction of sp³-hybridized carbons (Fsp3) is 0.684. The van der Waals surface area contributed by atoms with Crippen LogP contribution >= 0.6 is 0 Å². The molecule has 0 saturated heterocycles. The second-order valence-electron chi connectivity index (χ2n) is 6.02. The van der Waals surface area contributed by atoms with Gasteiger partial charge in [0.2, 0.25) is 0 Å². The number of ether oxygens (including phenoxy) is 1. The Morgan fingerprint density at radius 1 is 0.909 bits per heavy atom. The average molecular weight is 308 g/mol. The summed E-state index contributed by atoms with van der Waals surface area (Å²) in [4.78, 5) is 0. The van der Waals surface area contributed by atoms with E-state index in [1.165, 1.54) is 56.9 Å². The Morgan fingerprint density at radius 3 is 2.09 bits per heavy atom. The Kier molecular flexibility index (Phi) is 10.8. The summed E-state index contributed by atoms with van der Waals surface area (Å²) in [5.41, 5.74) is 1.33. The first-order valence-corrected chi connectivity index (χ1v) is 8.77. The Bertz CT molecular complexity index is 361. The van der Waals surface area contributed by atoms with Gasteiger partial charge in [-0.15, -0.1) is 0 Å². The van der Waals surface area contributed by atoms with Gasteiger partial charge in [-0.3, -0.25) is 0 Å². The first-order valence-electron chi connectivity index (χ1n) is 8.77. The van der Waals surface area contributed by atoms with Crippen LogP contribution in [0.1, 0.15) is 63.9 Å². The predicted molar refractivity (Wildman–Crippen MR) is 91.3 cm³/mol. The summed E-state index contributed by atoms with van der Waals surface area (Å²) in [6.07, 6.45) is 11.1. The van der Waals surface area contributed by atoms with Gasteiger partial charge in [-0.25, -0.2) is 0 Å². The monoisotopic (exact) mass is 308 g/mol. The van der Waals surface area contributed by atoms with Gasteiger partial charge < -0.3 is 14.9 Å². The molecule has 1 rings (SSSR count). The highest BCUT2D eigenvalue weighted by Crippen LogP contribution is 2.15. The maximum Gasteiger partial charge on any atom is 0.119 e. The van der Waals surface area contributed by atoms with Crippen LogP contribution in [0.3, 0.4) is 0 Å². The molecule has 0 aliphatic carbocycles. The van der Waals surface area contributed by atoms with E-state index in [0.29, 0.717) is 0 Å². The molecule has 22 heavy (non-hydrogen) atoms. The van der Waals surface area contributed by atoms with Crippen LogP contribution in [-0.2, 0) is 6.42 Å². The van der Waals surface area contributed by atoms with E-state index in [-0.39, 0.29) is 13.2 Å². The number of aliphatic hydroxyl groups is 2. The van der Waals surface area contributed by atoms with Gasteiger partial charge in [-0.05, 0) is 30.5 Å². The summed E-state index contributed by atoms with van der Waals surface area (Å²) in [7, 11) is 0. The quantitative estimate of drug-likeness (QED) is 0.539. The number of benzene rings is 1. The van der Waals surface area contributed by atoms with Crippen LogP contribution in [0.25, 0.3) is 0 Å². The molecule has 1 aromatic carbocycles. The number of rotatable bonds is 13. The van der Waals surface area contributed by atoms with Crippen LogP contribution in [0, 0.1) is 0 Å². The highest BCUT2D eigenvalue weighted by atomic mass is 16.5. The van der Waals surface area contributed by atoms with Crippen molar-refractivity contribution in [2.24, 2.45) is 0 Å². The predicted octanol–water partition coefficient (Wildman–Crippen LogP) is 4.10. The van der Waals surface area contributed by atoms with Crippen LogP contribution in [0.5, 0.6) is 5.75 Å². The summed E-state index contributed by atoms with van der Waals surface area (Å²) in [5, 5.41) is 18.0. The molecule has 0 fully saturated rings. The lowest BCUT2D eigenvalue weighted by Gasteiger charge is -2.10. The molecule has 3 heteroatoms. The summed E-state index contributed by atoms with van der Waals surface area (Å²) in [6.45, 7) is 2.12. The number of aryl methyl sites for hydroxylation is 1. The highest BCUT2D eigenvalue weighted by Gasteiger charge is 2.03. The van der Waals surface area contributed by atoms with Gasteiger partial charge >= 0.3 is 0 Å². The molecule has 0 heterocycles. The average Bonchev–Trinajstić information content (AvgIpc) is 2.56. The number of aliphatic hydroxyl groups excluding tert-OH is 2. The lowest BCUT2D eigenvalue weighted by atomic mass is 10.0. The SMILES string of the molecule is CCCCCCCCCCc1ccc(OCC(O)CO)cc1. The molecule has 2 N–H and O–H groups in total. The molecule has 0 aliphatic heterocycles. The Labute approximate surface area is 135 Å². The van der Waals surface area contributed by atoms with Crippen LogP contribution in [0.4, 0.5) is 0 Å². The molecule has 1 atom stereocenters. The molecule has 1 unspecified atom stereocenters. The van der Waals surface area contributed by atoms with Crippen LogP contribution in [-0.4, -0.2) is 29.5 Å². The zero-order chi connectivity index (χ0) is 16.0. The molecule has 0 radical (unpaired) electrons. The van der Waals surface area contributed by atoms with Gasteiger partial charge in [-0.2, -0.15) is 0 Å². The first kappa shape index (κ1) is 19.0. The van der Waals surface area contributed by atoms with E-state index < -0.39 is 6.10 Å². The second kappa shape index (κ2) is 12.5. The van der Waals surface area contributed by atoms with Gasteiger partial charge in [0.1, 0.15) is 18.5 Å². The largest absolute Gasteiger partial charge is 0.491 e. The normalized spacial score (nSPS) is 12.3. The summed E-state index contributed by atoms with van der Waals surface area (Å²) in [6, 6.07) is 8.04. The van der Waals surface area contributed by atoms with Gasteiger partial charge in [0.05, 0.1) is 6.61 Å². The van der Waals surface area contributed by atoms with Gasteiger partial charge in [0, 0.05) is 0 Å². The fourth-order valence-electron chi connectivity index (χ4n) is 2.46. The van der Waals surface area contributed by atoms with Crippen LogP contribution < -0.4 is 4.74 Å². The van der Waals surface area contributed by atoms with Crippen molar-refractivity contribution in [1.82, 2.24) is 0 Å². The van der Waals surface area contributed by atoms with Gasteiger partial charge in [-0.1, -0.05) is 64.0 Å². The van der Waals surface area contributed by atoms with E-state index in [4.69, 9.17) is 9.84 Å². The standard InChI is InChI=1S/C19H32O3/c1-2-3-4-5-6-7-8-9-10-17-11-13-19(14-12-17)22-16-18(21)15-20/h11-14,18,20-21H,2-10,15-16H2,1H3. The highest BCUT2D eigenvalue weighted by molar-refractivity contribution is 5.27. The van der Waals surface area contributed by atoms with Crippen molar-refractivity contribution in [3.05, 3.63) is 29.8 Å². The minimum absolute atomic E-state index is 0.133. The molecule has 0 saturated carbocycles. The molecule has 1 aromatic rings. The molecule has 126 valence electrons. The third-order valence-corrected chi connectivity index (χ3v) is 3.90. The molecule has 0 amide bonds. The lowest BCUT2D eigenvalue weighted by molar-refractivity contribution is 0.0536. The summed E-state index contributed by atoms with van der Waals surface area (Å²) < 4.78 is 5.39. The van der Waals surface area contributed by atoms with E-state index in [2.05, 4.69) is 19.1 Å².